The highest BCUT2D eigenvalue weighted by atomic mass is 32.2. The smallest absolute Gasteiger partial charge is 0.242 e. The first-order chi connectivity index (χ1) is 9.53. The van der Waals surface area contributed by atoms with Crippen molar-refractivity contribution in [3.8, 4) is 0 Å². The first-order valence-corrected chi connectivity index (χ1v) is 8.16. The number of nitrogens with two attached hydrogens (primary N) is 1. The van der Waals surface area contributed by atoms with E-state index in [1.54, 1.807) is 12.1 Å². The molecular weight excluding hydrogens is 278 g/mol. The molecule has 1 saturated carbocycles. The van der Waals surface area contributed by atoms with Crippen LogP contribution in [0.1, 0.15) is 12.8 Å². The molecule has 1 aromatic carbocycles. The summed E-state index contributed by atoms with van der Waals surface area (Å²) in [6.07, 6.45) is 2.52. The fourth-order valence-corrected chi connectivity index (χ4v) is 2.75. The number of ether oxygens (including phenoxy) is 1. The molecule has 0 heterocycles. The van der Waals surface area contributed by atoms with Crippen LogP contribution in [0.5, 0.6) is 0 Å². The van der Waals surface area contributed by atoms with Gasteiger partial charge in [-0.2, -0.15) is 0 Å². The van der Waals surface area contributed by atoms with Gasteiger partial charge >= 0.3 is 0 Å². The summed E-state index contributed by atoms with van der Waals surface area (Å²) >= 11 is 0. The Morgan fingerprint density at radius 1 is 1.40 bits per heavy atom. The molecule has 112 valence electrons. The van der Waals surface area contributed by atoms with Gasteiger partial charge in [0.15, 0.2) is 0 Å². The van der Waals surface area contributed by atoms with Crippen molar-refractivity contribution in [1.29, 1.82) is 0 Å². The standard InChI is InChI=1S/C13H21N3O3S/c1-15-20(17,18)13-8-11(14)4-5-12(13)16-6-7-19-9-10-2-3-10/h4-5,8,10,15-16H,2-3,6-7,9,14H2,1H3. The molecule has 1 fully saturated rings. The number of sulfonamides is 1. The lowest BCUT2D eigenvalue weighted by Gasteiger charge is -2.13. The molecule has 0 radical (unpaired) electrons. The summed E-state index contributed by atoms with van der Waals surface area (Å²) in [5.74, 6) is 0.728. The van der Waals surface area contributed by atoms with Crippen molar-refractivity contribution in [3.05, 3.63) is 18.2 Å². The first kappa shape index (κ1) is 15.1. The molecule has 0 atom stereocenters. The number of benzene rings is 1. The average molecular weight is 299 g/mol. The predicted octanol–water partition coefficient (Wildman–Crippen LogP) is 1.02. The minimum Gasteiger partial charge on any atom is -0.399 e. The number of anilines is 2. The van der Waals surface area contributed by atoms with Crippen LogP contribution < -0.4 is 15.8 Å². The molecule has 0 saturated heterocycles. The summed E-state index contributed by atoms with van der Waals surface area (Å²) in [6, 6.07) is 4.78. The summed E-state index contributed by atoms with van der Waals surface area (Å²) in [7, 11) is -2.15. The van der Waals surface area contributed by atoms with E-state index >= 15 is 0 Å². The lowest BCUT2D eigenvalue weighted by molar-refractivity contribution is 0.134. The Morgan fingerprint density at radius 3 is 2.80 bits per heavy atom. The summed E-state index contributed by atoms with van der Waals surface area (Å²) in [5.41, 5.74) is 6.59. The van der Waals surface area contributed by atoms with Crippen molar-refractivity contribution in [2.24, 2.45) is 5.92 Å². The molecule has 7 heteroatoms. The Labute approximate surface area is 119 Å². The van der Waals surface area contributed by atoms with Crippen LogP contribution >= 0.6 is 0 Å². The maximum atomic E-state index is 11.9. The van der Waals surface area contributed by atoms with E-state index in [9.17, 15) is 8.42 Å². The lowest BCUT2D eigenvalue weighted by atomic mass is 10.3. The molecule has 2 rings (SSSR count). The Bertz CT molecular complexity index is 556. The summed E-state index contributed by atoms with van der Waals surface area (Å²) in [5, 5.41) is 3.08. The van der Waals surface area contributed by atoms with E-state index in [1.807, 2.05) is 0 Å². The number of rotatable bonds is 8. The molecule has 1 aromatic rings. The highest BCUT2D eigenvalue weighted by Crippen LogP contribution is 2.28. The second-order valence-electron chi connectivity index (χ2n) is 4.91. The first-order valence-electron chi connectivity index (χ1n) is 6.67. The van der Waals surface area contributed by atoms with Crippen molar-refractivity contribution in [3.63, 3.8) is 0 Å². The summed E-state index contributed by atoms with van der Waals surface area (Å²) in [4.78, 5) is 0.155. The van der Waals surface area contributed by atoms with Crippen LogP contribution in [-0.2, 0) is 14.8 Å². The highest BCUT2D eigenvalue weighted by molar-refractivity contribution is 7.89. The monoisotopic (exact) mass is 299 g/mol. The molecule has 20 heavy (non-hydrogen) atoms. The van der Waals surface area contributed by atoms with Crippen LogP contribution in [0, 0.1) is 5.92 Å². The lowest BCUT2D eigenvalue weighted by Crippen LogP contribution is -2.21. The van der Waals surface area contributed by atoms with E-state index in [4.69, 9.17) is 10.5 Å². The molecule has 6 nitrogen and oxygen atoms in total. The second kappa shape index (κ2) is 6.43. The molecule has 1 aliphatic rings. The van der Waals surface area contributed by atoms with Gasteiger partial charge in [0.25, 0.3) is 0 Å². The van der Waals surface area contributed by atoms with Gasteiger partial charge in [-0.3, -0.25) is 0 Å². The van der Waals surface area contributed by atoms with Gasteiger partial charge in [-0.05, 0) is 44.0 Å². The fraction of sp³-hybridized carbons (Fsp3) is 0.538. The van der Waals surface area contributed by atoms with Crippen LogP contribution in [0.2, 0.25) is 0 Å². The Kier molecular flexibility index (Phi) is 4.85. The van der Waals surface area contributed by atoms with Gasteiger partial charge in [0, 0.05) is 18.8 Å². The minimum atomic E-state index is -3.53. The van der Waals surface area contributed by atoms with Crippen LogP contribution in [0.3, 0.4) is 0 Å². The quantitative estimate of drug-likeness (QED) is 0.492. The molecule has 0 spiro atoms. The predicted molar refractivity (Wildman–Crippen MR) is 79.1 cm³/mol. The van der Waals surface area contributed by atoms with Gasteiger partial charge in [0.1, 0.15) is 4.90 Å². The SMILES string of the molecule is CNS(=O)(=O)c1cc(N)ccc1NCCOCC1CC1. The third-order valence-corrected chi connectivity index (χ3v) is 4.63. The molecule has 1 aliphatic carbocycles. The van der Waals surface area contributed by atoms with Gasteiger partial charge in [0.05, 0.1) is 12.3 Å². The Hall–Kier alpha value is -1.31. The Morgan fingerprint density at radius 2 is 2.15 bits per heavy atom. The zero-order valence-corrected chi connectivity index (χ0v) is 12.4. The summed E-state index contributed by atoms with van der Waals surface area (Å²) in [6.45, 7) is 1.91. The van der Waals surface area contributed by atoms with Crippen LogP contribution in [-0.4, -0.2) is 35.2 Å². The van der Waals surface area contributed by atoms with E-state index in [-0.39, 0.29) is 4.90 Å². The Balaban J connectivity index is 1.95. The zero-order chi connectivity index (χ0) is 14.6. The van der Waals surface area contributed by atoms with Crippen molar-refractivity contribution in [2.75, 3.05) is 37.9 Å². The van der Waals surface area contributed by atoms with E-state index in [1.165, 1.54) is 26.0 Å². The molecular formula is C13H21N3O3S. The number of hydrogen-bond donors (Lipinski definition) is 3. The van der Waals surface area contributed by atoms with E-state index < -0.39 is 10.0 Å². The third kappa shape index (κ3) is 4.09. The van der Waals surface area contributed by atoms with Gasteiger partial charge in [-0.15, -0.1) is 0 Å². The molecule has 0 unspecified atom stereocenters. The molecule has 0 amide bonds. The normalized spacial score (nSPS) is 15.2. The van der Waals surface area contributed by atoms with Crippen molar-refractivity contribution in [2.45, 2.75) is 17.7 Å². The van der Waals surface area contributed by atoms with Crippen LogP contribution in [0.25, 0.3) is 0 Å². The van der Waals surface area contributed by atoms with E-state index in [2.05, 4.69) is 10.0 Å². The molecule has 0 aliphatic heterocycles. The van der Waals surface area contributed by atoms with E-state index in [0.717, 1.165) is 12.5 Å². The fourth-order valence-electron chi connectivity index (χ4n) is 1.81. The average Bonchev–Trinajstić information content (AvgIpc) is 3.24. The summed E-state index contributed by atoms with van der Waals surface area (Å²) < 4.78 is 31.6. The maximum absolute atomic E-state index is 11.9. The van der Waals surface area contributed by atoms with Crippen LogP contribution in [0.4, 0.5) is 11.4 Å². The van der Waals surface area contributed by atoms with Crippen LogP contribution in [0.15, 0.2) is 23.1 Å². The maximum Gasteiger partial charge on any atom is 0.242 e. The second-order valence-corrected chi connectivity index (χ2v) is 6.76. The molecule has 4 N–H and O–H groups in total. The van der Waals surface area contributed by atoms with Crippen molar-refractivity contribution < 1.29 is 13.2 Å². The molecule has 0 aromatic heterocycles. The van der Waals surface area contributed by atoms with E-state index in [0.29, 0.717) is 24.5 Å². The highest BCUT2D eigenvalue weighted by Gasteiger charge is 2.21. The third-order valence-electron chi connectivity index (χ3n) is 3.18. The largest absolute Gasteiger partial charge is 0.399 e. The van der Waals surface area contributed by atoms with Gasteiger partial charge in [-0.25, -0.2) is 13.1 Å². The zero-order valence-electron chi connectivity index (χ0n) is 11.6. The van der Waals surface area contributed by atoms with Crippen molar-refractivity contribution in [1.82, 2.24) is 4.72 Å². The molecule has 0 bridgehead atoms. The number of nitrogens with one attached hydrogen (secondary N) is 2. The number of hydrogen-bond acceptors (Lipinski definition) is 5. The minimum absolute atomic E-state index is 0.155. The van der Waals surface area contributed by atoms with Crippen molar-refractivity contribution >= 4 is 21.4 Å². The number of nitrogen functional groups attached to an aromatic ring is 1. The topological polar surface area (TPSA) is 93.5 Å². The van der Waals surface area contributed by atoms with Gasteiger partial charge in [-0.1, -0.05) is 0 Å². The van der Waals surface area contributed by atoms with Gasteiger partial charge in [0.2, 0.25) is 10.0 Å². The van der Waals surface area contributed by atoms with Gasteiger partial charge < -0.3 is 15.8 Å².